The highest BCUT2D eigenvalue weighted by molar-refractivity contribution is 7.99. The van der Waals surface area contributed by atoms with Gasteiger partial charge in [0.2, 0.25) is 15.9 Å². The largest absolute Gasteiger partial charge is 0.325 e. The molecule has 1 aromatic carbocycles. The molecule has 0 aliphatic carbocycles. The molecule has 0 saturated heterocycles. The average Bonchev–Trinajstić information content (AvgIpc) is 2.93. The van der Waals surface area contributed by atoms with Gasteiger partial charge in [-0.2, -0.15) is 4.31 Å². The van der Waals surface area contributed by atoms with Crippen LogP contribution in [0.15, 0.2) is 34.3 Å². The van der Waals surface area contributed by atoms with Crippen LogP contribution >= 0.6 is 11.8 Å². The van der Waals surface area contributed by atoms with Gasteiger partial charge in [-0.15, -0.1) is 10.2 Å². The fourth-order valence-corrected chi connectivity index (χ4v) is 4.55. The fourth-order valence-electron chi connectivity index (χ4n) is 2.29. The van der Waals surface area contributed by atoms with Crippen LogP contribution in [0, 0.1) is 6.92 Å². The summed E-state index contributed by atoms with van der Waals surface area (Å²) >= 11 is 1.27. The van der Waals surface area contributed by atoms with Crippen molar-refractivity contribution in [3.8, 4) is 0 Å². The smallest absolute Gasteiger partial charge is 0.243 e. The summed E-state index contributed by atoms with van der Waals surface area (Å²) in [6, 6.07) is 6.28. The number of anilines is 1. The molecular formula is C16H23N5O3S2. The van der Waals surface area contributed by atoms with Crippen molar-refractivity contribution in [1.29, 1.82) is 0 Å². The molecule has 8 nitrogen and oxygen atoms in total. The van der Waals surface area contributed by atoms with E-state index in [0.717, 1.165) is 5.82 Å². The fraction of sp³-hybridized carbons (Fsp3) is 0.438. The van der Waals surface area contributed by atoms with E-state index < -0.39 is 10.0 Å². The lowest BCUT2D eigenvalue weighted by atomic mass is 10.3. The van der Waals surface area contributed by atoms with Crippen molar-refractivity contribution in [2.75, 3.05) is 24.2 Å². The van der Waals surface area contributed by atoms with E-state index in [1.807, 2.05) is 14.0 Å². The van der Waals surface area contributed by atoms with Crippen LogP contribution in [0.3, 0.4) is 0 Å². The van der Waals surface area contributed by atoms with Gasteiger partial charge in [0.25, 0.3) is 0 Å². The maximum Gasteiger partial charge on any atom is 0.243 e. The van der Waals surface area contributed by atoms with Gasteiger partial charge in [-0.05, 0) is 25.1 Å². The first kappa shape index (κ1) is 20.4. The van der Waals surface area contributed by atoms with E-state index in [4.69, 9.17) is 0 Å². The Balaban J connectivity index is 2.06. The maximum absolute atomic E-state index is 12.6. The molecule has 0 aliphatic heterocycles. The quantitative estimate of drug-likeness (QED) is 0.683. The van der Waals surface area contributed by atoms with Gasteiger partial charge in [0.1, 0.15) is 5.82 Å². The van der Waals surface area contributed by atoms with E-state index in [0.29, 0.717) is 23.9 Å². The number of aryl methyl sites for hydroxylation is 1. The summed E-state index contributed by atoms with van der Waals surface area (Å²) in [6.45, 7) is 6.20. The highest BCUT2D eigenvalue weighted by Gasteiger charge is 2.21. The van der Waals surface area contributed by atoms with Crippen molar-refractivity contribution < 1.29 is 13.2 Å². The van der Waals surface area contributed by atoms with Crippen LogP contribution in [-0.4, -0.2) is 52.2 Å². The van der Waals surface area contributed by atoms with E-state index in [9.17, 15) is 13.2 Å². The molecule has 0 fully saturated rings. The number of carbonyl (C=O) groups excluding carboxylic acids is 1. The van der Waals surface area contributed by atoms with E-state index in [2.05, 4.69) is 15.5 Å². The Hall–Kier alpha value is -1.91. The Labute approximate surface area is 158 Å². The summed E-state index contributed by atoms with van der Waals surface area (Å²) in [5.41, 5.74) is 0.443. The van der Waals surface area contributed by atoms with E-state index in [1.165, 1.54) is 28.2 Å². The topological polar surface area (TPSA) is 97.2 Å². The summed E-state index contributed by atoms with van der Waals surface area (Å²) in [7, 11) is -1.73. The summed E-state index contributed by atoms with van der Waals surface area (Å²) in [4.78, 5) is 12.3. The lowest BCUT2D eigenvalue weighted by molar-refractivity contribution is -0.113. The zero-order valence-corrected chi connectivity index (χ0v) is 16.9. The third kappa shape index (κ3) is 4.63. The number of nitrogens with zero attached hydrogens (tertiary/aromatic N) is 4. The maximum atomic E-state index is 12.6. The van der Waals surface area contributed by atoms with Crippen LogP contribution in [0.2, 0.25) is 0 Å². The van der Waals surface area contributed by atoms with E-state index in [-0.39, 0.29) is 16.6 Å². The van der Waals surface area contributed by atoms with Crippen LogP contribution in [-0.2, 0) is 21.9 Å². The Morgan fingerprint density at radius 1 is 1.27 bits per heavy atom. The number of hydrogen-bond donors (Lipinski definition) is 1. The molecule has 0 saturated carbocycles. The van der Waals surface area contributed by atoms with Crippen molar-refractivity contribution in [3.63, 3.8) is 0 Å². The zero-order valence-electron chi connectivity index (χ0n) is 15.3. The molecule has 0 spiro atoms. The number of hydrogen-bond acceptors (Lipinski definition) is 6. The Kier molecular flexibility index (Phi) is 6.79. The molecule has 10 heteroatoms. The van der Waals surface area contributed by atoms with Gasteiger partial charge in [-0.25, -0.2) is 8.42 Å². The minimum Gasteiger partial charge on any atom is -0.325 e. The molecule has 0 atom stereocenters. The molecule has 1 heterocycles. The summed E-state index contributed by atoms with van der Waals surface area (Å²) in [5, 5.41) is 11.3. The first-order chi connectivity index (χ1) is 12.3. The first-order valence-electron chi connectivity index (χ1n) is 8.18. The Bertz CT molecular complexity index is 876. The van der Waals surface area contributed by atoms with Gasteiger partial charge in [-0.1, -0.05) is 31.7 Å². The molecule has 2 aromatic rings. The third-order valence-corrected chi connectivity index (χ3v) is 6.91. The molecule has 1 amide bonds. The zero-order chi connectivity index (χ0) is 19.3. The van der Waals surface area contributed by atoms with Gasteiger partial charge in [0.15, 0.2) is 5.16 Å². The number of carbonyl (C=O) groups is 1. The second-order valence-corrected chi connectivity index (χ2v) is 8.42. The average molecular weight is 398 g/mol. The molecule has 2 rings (SSSR count). The molecule has 26 heavy (non-hydrogen) atoms. The number of benzene rings is 1. The number of thioether (sulfide) groups is 1. The van der Waals surface area contributed by atoms with E-state index >= 15 is 0 Å². The lowest BCUT2D eigenvalue weighted by Gasteiger charge is -2.18. The van der Waals surface area contributed by atoms with Crippen LogP contribution in [0.4, 0.5) is 5.69 Å². The van der Waals surface area contributed by atoms with Crippen molar-refractivity contribution in [2.45, 2.75) is 30.8 Å². The number of amides is 1. The minimum atomic E-state index is -3.56. The van der Waals surface area contributed by atoms with Gasteiger partial charge >= 0.3 is 0 Å². The summed E-state index contributed by atoms with van der Waals surface area (Å²) < 4.78 is 28.3. The predicted molar refractivity (Wildman–Crippen MR) is 102 cm³/mol. The molecule has 142 valence electrons. The molecule has 0 radical (unpaired) electrons. The predicted octanol–water partition coefficient (Wildman–Crippen LogP) is 1.88. The monoisotopic (exact) mass is 397 g/mol. The van der Waals surface area contributed by atoms with Gasteiger partial charge in [-0.3, -0.25) is 4.79 Å². The van der Waals surface area contributed by atoms with Crippen molar-refractivity contribution in [1.82, 2.24) is 19.1 Å². The minimum absolute atomic E-state index is 0.152. The first-order valence-corrected chi connectivity index (χ1v) is 10.6. The highest BCUT2D eigenvalue weighted by Crippen LogP contribution is 2.20. The van der Waals surface area contributed by atoms with Crippen molar-refractivity contribution in [3.05, 3.63) is 30.1 Å². The molecular weight excluding hydrogens is 374 g/mol. The van der Waals surface area contributed by atoms with Crippen LogP contribution in [0.1, 0.15) is 19.7 Å². The SMILES string of the molecule is CCN(CC)S(=O)(=O)c1cccc(NC(=O)CSc2nnc(C)n2C)c1. The number of aromatic nitrogens is 3. The highest BCUT2D eigenvalue weighted by atomic mass is 32.2. The molecule has 1 aromatic heterocycles. The van der Waals surface area contributed by atoms with E-state index in [1.54, 1.807) is 30.5 Å². The lowest BCUT2D eigenvalue weighted by Crippen LogP contribution is -2.30. The number of rotatable bonds is 8. The molecule has 0 unspecified atom stereocenters. The van der Waals surface area contributed by atoms with Gasteiger partial charge in [0.05, 0.1) is 10.6 Å². The number of sulfonamides is 1. The third-order valence-electron chi connectivity index (χ3n) is 3.85. The second kappa shape index (κ2) is 8.65. The summed E-state index contributed by atoms with van der Waals surface area (Å²) in [5.74, 6) is 0.675. The van der Waals surface area contributed by atoms with Gasteiger partial charge in [0, 0.05) is 25.8 Å². The Morgan fingerprint density at radius 2 is 1.96 bits per heavy atom. The number of nitrogens with one attached hydrogen (secondary N) is 1. The standard InChI is InChI=1S/C16H23N5O3S2/c1-5-21(6-2)26(23,24)14-9-7-8-13(10-14)17-15(22)11-25-16-19-18-12(3)20(16)4/h7-10H,5-6,11H2,1-4H3,(H,17,22). The van der Waals surface area contributed by atoms with Gasteiger partial charge < -0.3 is 9.88 Å². The van der Waals surface area contributed by atoms with Crippen LogP contribution in [0.25, 0.3) is 0 Å². The summed E-state index contributed by atoms with van der Waals surface area (Å²) in [6.07, 6.45) is 0. The normalized spacial score (nSPS) is 11.7. The van der Waals surface area contributed by atoms with Crippen molar-refractivity contribution in [2.24, 2.45) is 7.05 Å². The van der Waals surface area contributed by atoms with Crippen LogP contribution < -0.4 is 5.32 Å². The van der Waals surface area contributed by atoms with Crippen molar-refractivity contribution >= 4 is 33.4 Å². The molecule has 1 N–H and O–H groups in total. The molecule has 0 bridgehead atoms. The molecule has 0 aliphatic rings. The van der Waals surface area contributed by atoms with Crippen LogP contribution in [0.5, 0.6) is 0 Å². The second-order valence-electron chi connectivity index (χ2n) is 5.54. The Morgan fingerprint density at radius 3 is 2.54 bits per heavy atom.